The highest BCUT2D eigenvalue weighted by atomic mass is 16.5. The first-order chi connectivity index (χ1) is 9.85. The third-order valence-corrected chi connectivity index (χ3v) is 4.49. The van der Waals surface area contributed by atoms with Crippen molar-refractivity contribution in [3.8, 4) is 0 Å². The molecule has 0 amide bonds. The van der Waals surface area contributed by atoms with Crippen LogP contribution in [0.25, 0.3) is 0 Å². The summed E-state index contributed by atoms with van der Waals surface area (Å²) in [6.07, 6.45) is 1.22. The van der Waals surface area contributed by atoms with Crippen LogP contribution in [-0.4, -0.2) is 42.3 Å². The summed E-state index contributed by atoms with van der Waals surface area (Å²) in [5, 5.41) is 3.53. The van der Waals surface area contributed by atoms with E-state index in [9.17, 15) is 0 Å². The van der Waals surface area contributed by atoms with Crippen LogP contribution in [0.4, 0.5) is 5.69 Å². The molecule has 0 spiro atoms. The van der Waals surface area contributed by atoms with E-state index in [1.54, 1.807) is 0 Å². The Bertz CT molecular complexity index is 494. The van der Waals surface area contributed by atoms with Crippen molar-refractivity contribution in [2.24, 2.45) is 0 Å². The predicted molar refractivity (Wildman–Crippen MR) is 88.0 cm³/mol. The number of hydrogen-bond acceptors (Lipinski definition) is 3. The SMILES string of the molecule is CC1(C)CN(CCC2CNc3ccccc32)CC(C)(C)O1. The number of hydrogen-bond donors (Lipinski definition) is 1. The number of nitrogens with one attached hydrogen (secondary N) is 1. The van der Waals surface area contributed by atoms with E-state index in [4.69, 9.17) is 4.74 Å². The molecule has 21 heavy (non-hydrogen) atoms. The summed E-state index contributed by atoms with van der Waals surface area (Å²) in [5.74, 6) is 0.648. The van der Waals surface area contributed by atoms with Gasteiger partial charge in [-0.1, -0.05) is 18.2 Å². The molecule has 2 heterocycles. The molecule has 1 aromatic rings. The van der Waals surface area contributed by atoms with E-state index in [1.807, 2.05) is 0 Å². The number of para-hydroxylation sites is 1. The summed E-state index contributed by atoms with van der Waals surface area (Å²) in [6, 6.07) is 8.73. The van der Waals surface area contributed by atoms with Gasteiger partial charge in [0.2, 0.25) is 0 Å². The molecule has 0 aromatic heterocycles. The molecule has 0 radical (unpaired) electrons. The number of morpholine rings is 1. The zero-order valence-electron chi connectivity index (χ0n) is 13.8. The molecule has 3 nitrogen and oxygen atoms in total. The summed E-state index contributed by atoms with van der Waals surface area (Å²) >= 11 is 0. The van der Waals surface area contributed by atoms with Gasteiger partial charge in [-0.15, -0.1) is 0 Å². The summed E-state index contributed by atoms with van der Waals surface area (Å²) in [7, 11) is 0. The highest BCUT2D eigenvalue weighted by Crippen LogP contribution is 2.34. The Morgan fingerprint density at radius 1 is 1.14 bits per heavy atom. The smallest absolute Gasteiger partial charge is 0.0760 e. The Balaban J connectivity index is 1.61. The number of benzene rings is 1. The molecular formula is C18H28N2O. The number of nitrogens with zero attached hydrogens (tertiary/aromatic N) is 1. The van der Waals surface area contributed by atoms with Gasteiger partial charge >= 0.3 is 0 Å². The Hall–Kier alpha value is -1.06. The zero-order valence-corrected chi connectivity index (χ0v) is 13.8. The molecule has 1 atom stereocenters. The molecule has 1 unspecified atom stereocenters. The molecule has 3 rings (SSSR count). The lowest BCUT2D eigenvalue weighted by Gasteiger charge is -2.47. The molecule has 1 aromatic carbocycles. The van der Waals surface area contributed by atoms with Crippen molar-refractivity contribution in [1.29, 1.82) is 0 Å². The van der Waals surface area contributed by atoms with E-state index in [1.165, 1.54) is 17.7 Å². The third-order valence-electron chi connectivity index (χ3n) is 4.49. The standard InChI is InChI=1S/C18H28N2O/c1-17(2)12-20(13-18(3,4)21-17)10-9-14-11-19-16-8-6-5-7-15(14)16/h5-8,14,19H,9-13H2,1-4H3. The fourth-order valence-corrected chi connectivity index (χ4v) is 4.06. The van der Waals surface area contributed by atoms with Crippen LogP contribution >= 0.6 is 0 Å². The van der Waals surface area contributed by atoms with Crippen molar-refractivity contribution in [1.82, 2.24) is 4.90 Å². The van der Waals surface area contributed by atoms with Gasteiger partial charge in [-0.3, -0.25) is 4.90 Å². The Morgan fingerprint density at radius 2 is 1.81 bits per heavy atom. The average molecular weight is 288 g/mol. The highest BCUT2D eigenvalue weighted by molar-refractivity contribution is 5.57. The minimum atomic E-state index is -0.0480. The number of ether oxygens (including phenoxy) is 1. The van der Waals surface area contributed by atoms with Crippen LogP contribution in [0.2, 0.25) is 0 Å². The van der Waals surface area contributed by atoms with E-state index in [0.717, 1.165) is 26.2 Å². The first kappa shape index (κ1) is 14.9. The summed E-state index contributed by atoms with van der Waals surface area (Å²) < 4.78 is 6.17. The number of fused-ring (bicyclic) bond motifs is 1. The lowest BCUT2D eigenvalue weighted by atomic mass is 9.95. The van der Waals surface area contributed by atoms with Crippen molar-refractivity contribution in [2.45, 2.75) is 51.2 Å². The Morgan fingerprint density at radius 3 is 2.52 bits per heavy atom. The molecular weight excluding hydrogens is 260 g/mol. The molecule has 2 aliphatic rings. The first-order valence-electron chi connectivity index (χ1n) is 8.10. The lowest BCUT2D eigenvalue weighted by Crippen LogP contribution is -2.57. The summed E-state index contributed by atoms with van der Waals surface area (Å²) in [6.45, 7) is 13.1. The van der Waals surface area contributed by atoms with Crippen LogP contribution < -0.4 is 5.32 Å². The minimum absolute atomic E-state index is 0.0480. The van der Waals surface area contributed by atoms with Crippen LogP contribution in [0.5, 0.6) is 0 Å². The zero-order chi connectivity index (χ0) is 15.1. The van der Waals surface area contributed by atoms with Crippen molar-refractivity contribution in [3.63, 3.8) is 0 Å². The van der Waals surface area contributed by atoms with Crippen molar-refractivity contribution in [2.75, 3.05) is 31.5 Å². The molecule has 0 bridgehead atoms. The van der Waals surface area contributed by atoms with Crippen molar-refractivity contribution >= 4 is 5.69 Å². The van der Waals surface area contributed by atoms with Gasteiger partial charge in [-0.25, -0.2) is 0 Å². The Labute approximate surface area is 128 Å². The second kappa shape index (κ2) is 5.29. The van der Waals surface area contributed by atoms with E-state index in [-0.39, 0.29) is 11.2 Å². The second-order valence-electron chi connectivity index (χ2n) is 7.79. The van der Waals surface area contributed by atoms with Crippen LogP contribution in [0.1, 0.15) is 45.6 Å². The summed E-state index contributed by atoms with van der Waals surface area (Å²) in [4.78, 5) is 2.57. The van der Waals surface area contributed by atoms with E-state index >= 15 is 0 Å². The third kappa shape index (κ3) is 3.41. The summed E-state index contributed by atoms with van der Waals surface area (Å²) in [5.41, 5.74) is 2.72. The van der Waals surface area contributed by atoms with Gasteiger partial charge in [-0.05, 0) is 52.3 Å². The molecule has 3 heteroatoms. The fourth-order valence-electron chi connectivity index (χ4n) is 4.06. The maximum atomic E-state index is 6.17. The quantitative estimate of drug-likeness (QED) is 0.921. The Kier molecular flexibility index (Phi) is 3.74. The van der Waals surface area contributed by atoms with Crippen LogP contribution in [0.15, 0.2) is 24.3 Å². The normalized spacial score (nSPS) is 27.1. The van der Waals surface area contributed by atoms with Gasteiger partial charge in [0.15, 0.2) is 0 Å². The molecule has 1 fully saturated rings. The minimum Gasteiger partial charge on any atom is -0.384 e. The maximum absolute atomic E-state index is 6.17. The topological polar surface area (TPSA) is 24.5 Å². The van der Waals surface area contributed by atoms with E-state index < -0.39 is 0 Å². The van der Waals surface area contributed by atoms with E-state index in [2.05, 4.69) is 62.2 Å². The predicted octanol–water partition coefficient (Wildman–Crippen LogP) is 3.48. The first-order valence-corrected chi connectivity index (χ1v) is 8.10. The van der Waals surface area contributed by atoms with E-state index in [0.29, 0.717) is 5.92 Å². The van der Waals surface area contributed by atoms with Gasteiger partial charge in [-0.2, -0.15) is 0 Å². The largest absolute Gasteiger partial charge is 0.384 e. The van der Waals surface area contributed by atoms with Gasteiger partial charge in [0, 0.05) is 31.2 Å². The van der Waals surface area contributed by atoms with Crippen LogP contribution in [0.3, 0.4) is 0 Å². The molecule has 2 aliphatic heterocycles. The average Bonchev–Trinajstić information content (AvgIpc) is 2.76. The van der Waals surface area contributed by atoms with Gasteiger partial charge in [0.05, 0.1) is 11.2 Å². The van der Waals surface area contributed by atoms with Gasteiger partial charge in [0.25, 0.3) is 0 Å². The second-order valence-corrected chi connectivity index (χ2v) is 7.79. The maximum Gasteiger partial charge on any atom is 0.0760 e. The molecule has 1 saturated heterocycles. The monoisotopic (exact) mass is 288 g/mol. The van der Waals surface area contributed by atoms with Crippen LogP contribution in [0, 0.1) is 0 Å². The molecule has 0 saturated carbocycles. The molecule has 116 valence electrons. The van der Waals surface area contributed by atoms with Crippen molar-refractivity contribution in [3.05, 3.63) is 29.8 Å². The van der Waals surface area contributed by atoms with Gasteiger partial charge in [0.1, 0.15) is 0 Å². The lowest BCUT2D eigenvalue weighted by molar-refractivity contribution is -0.180. The molecule has 1 N–H and O–H groups in total. The van der Waals surface area contributed by atoms with Crippen LogP contribution in [-0.2, 0) is 4.74 Å². The van der Waals surface area contributed by atoms with Crippen molar-refractivity contribution < 1.29 is 4.74 Å². The highest BCUT2D eigenvalue weighted by Gasteiger charge is 2.38. The molecule has 0 aliphatic carbocycles. The van der Waals surface area contributed by atoms with Gasteiger partial charge < -0.3 is 10.1 Å². The number of rotatable bonds is 3. The number of anilines is 1. The fraction of sp³-hybridized carbons (Fsp3) is 0.667.